The van der Waals surface area contributed by atoms with E-state index in [9.17, 15) is 0 Å². The maximum absolute atomic E-state index is 5.02. The number of H-pyrrole nitrogens is 2. The van der Waals surface area contributed by atoms with Crippen LogP contribution >= 0.6 is 40.4 Å². The second kappa shape index (κ2) is 3.32. The van der Waals surface area contributed by atoms with E-state index in [4.69, 9.17) is 24.4 Å². The molecule has 0 radical (unpaired) electrons. The number of aromatic nitrogens is 2. The summed E-state index contributed by atoms with van der Waals surface area (Å²) in [7, 11) is 0. The third-order valence-electron chi connectivity index (χ3n) is 1.68. The molecule has 0 saturated heterocycles. The SMILES string of the molecule is S=c1[nH]c2ccc(Br)cc2[nH]c1=S. The fourth-order valence-electron chi connectivity index (χ4n) is 1.09. The van der Waals surface area contributed by atoms with Crippen LogP contribution in [0.15, 0.2) is 22.7 Å². The van der Waals surface area contributed by atoms with Crippen LogP contribution in [0.3, 0.4) is 0 Å². The average molecular weight is 273 g/mol. The van der Waals surface area contributed by atoms with Crippen LogP contribution in [-0.4, -0.2) is 9.97 Å². The molecule has 1 aromatic heterocycles. The van der Waals surface area contributed by atoms with Gasteiger partial charge in [0.25, 0.3) is 0 Å². The van der Waals surface area contributed by atoms with Gasteiger partial charge in [-0.25, -0.2) is 0 Å². The fraction of sp³-hybridized carbons (Fsp3) is 0. The molecule has 0 bridgehead atoms. The van der Waals surface area contributed by atoms with Gasteiger partial charge in [-0.05, 0) is 18.2 Å². The summed E-state index contributed by atoms with van der Waals surface area (Å²) in [4.78, 5) is 6.09. The molecule has 1 aromatic carbocycles. The van der Waals surface area contributed by atoms with Crippen LogP contribution < -0.4 is 0 Å². The molecule has 0 aliphatic carbocycles. The lowest BCUT2D eigenvalue weighted by molar-refractivity contribution is 1.24. The summed E-state index contributed by atoms with van der Waals surface area (Å²) in [5, 5.41) is 0. The van der Waals surface area contributed by atoms with Crippen LogP contribution in [-0.2, 0) is 0 Å². The lowest BCUT2D eigenvalue weighted by atomic mass is 10.3. The minimum atomic E-state index is 0.570. The normalized spacial score (nSPS) is 10.5. The summed E-state index contributed by atoms with van der Waals surface area (Å²) < 4.78 is 2.15. The highest BCUT2D eigenvalue weighted by molar-refractivity contribution is 9.10. The number of nitrogens with one attached hydrogen (secondary N) is 2. The predicted molar refractivity (Wildman–Crippen MR) is 62.0 cm³/mol. The monoisotopic (exact) mass is 272 g/mol. The lowest BCUT2D eigenvalue weighted by Crippen LogP contribution is -1.85. The first-order valence-corrected chi connectivity index (χ1v) is 5.19. The molecule has 0 saturated carbocycles. The molecule has 0 fully saturated rings. The molecule has 2 aromatic rings. The van der Waals surface area contributed by atoms with Gasteiger partial charge in [0.05, 0.1) is 11.0 Å². The van der Waals surface area contributed by atoms with Crippen molar-refractivity contribution in [1.82, 2.24) is 9.97 Å². The molecular weight excluding hydrogens is 268 g/mol. The summed E-state index contributed by atoms with van der Waals surface area (Å²) in [5.74, 6) is 0. The highest BCUT2D eigenvalue weighted by Crippen LogP contribution is 2.16. The van der Waals surface area contributed by atoms with E-state index >= 15 is 0 Å². The second-order valence-corrected chi connectivity index (χ2v) is 4.33. The Morgan fingerprint density at radius 2 is 1.62 bits per heavy atom. The highest BCUT2D eigenvalue weighted by Gasteiger charge is 1.94. The Bertz CT molecular complexity index is 570. The van der Waals surface area contributed by atoms with Gasteiger partial charge in [0.1, 0.15) is 9.28 Å². The van der Waals surface area contributed by atoms with Gasteiger partial charge in [-0.1, -0.05) is 40.4 Å². The number of benzene rings is 1. The van der Waals surface area contributed by atoms with Gasteiger partial charge in [0, 0.05) is 4.47 Å². The van der Waals surface area contributed by atoms with E-state index < -0.39 is 0 Å². The predicted octanol–water partition coefficient (Wildman–Crippen LogP) is 3.72. The Kier molecular flexibility index (Phi) is 2.31. The molecule has 1 heterocycles. The summed E-state index contributed by atoms with van der Waals surface area (Å²) in [6, 6.07) is 5.85. The summed E-state index contributed by atoms with van der Waals surface area (Å²) in [5.41, 5.74) is 1.91. The van der Waals surface area contributed by atoms with Crippen LogP contribution in [0, 0.1) is 9.28 Å². The van der Waals surface area contributed by atoms with E-state index in [1.807, 2.05) is 18.2 Å². The number of aromatic amines is 2. The fourth-order valence-corrected chi connectivity index (χ4v) is 1.77. The third-order valence-corrected chi connectivity index (χ3v) is 2.92. The molecular formula is C8H5BrN2S2. The first-order chi connectivity index (χ1) is 6.16. The van der Waals surface area contributed by atoms with Crippen molar-refractivity contribution >= 4 is 51.4 Å². The number of hydrogen-bond donors (Lipinski definition) is 2. The van der Waals surface area contributed by atoms with Crippen molar-refractivity contribution in [2.75, 3.05) is 0 Å². The first kappa shape index (κ1) is 9.05. The van der Waals surface area contributed by atoms with Crippen molar-refractivity contribution in [2.24, 2.45) is 0 Å². The minimum absolute atomic E-state index is 0.570. The van der Waals surface area contributed by atoms with Crippen LogP contribution in [0.5, 0.6) is 0 Å². The van der Waals surface area contributed by atoms with Crippen LogP contribution in [0.1, 0.15) is 0 Å². The zero-order chi connectivity index (χ0) is 9.42. The number of fused-ring (bicyclic) bond motifs is 1. The molecule has 0 spiro atoms. The van der Waals surface area contributed by atoms with Gasteiger partial charge in [-0.2, -0.15) is 0 Å². The second-order valence-electron chi connectivity index (χ2n) is 2.60. The molecule has 66 valence electrons. The van der Waals surface area contributed by atoms with Crippen LogP contribution in [0.25, 0.3) is 11.0 Å². The number of rotatable bonds is 0. The standard InChI is InChI=1S/C8H5BrN2S2/c9-4-1-2-5-6(3-4)11-8(13)7(12)10-5/h1-3H,(H,10,12)(H,11,13). The Hall–Kier alpha value is -0.520. The van der Waals surface area contributed by atoms with E-state index in [0.29, 0.717) is 9.28 Å². The molecule has 0 amide bonds. The van der Waals surface area contributed by atoms with E-state index in [2.05, 4.69) is 25.9 Å². The number of hydrogen-bond acceptors (Lipinski definition) is 2. The lowest BCUT2D eigenvalue weighted by Gasteiger charge is -1.98. The Morgan fingerprint density at radius 1 is 1.00 bits per heavy atom. The zero-order valence-corrected chi connectivity index (χ0v) is 9.65. The smallest absolute Gasteiger partial charge is 0.138 e. The van der Waals surface area contributed by atoms with Crippen molar-refractivity contribution in [3.8, 4) is 0 Å². The summed E-state index contributed by atoms with van der Waals surface area (Å²) in [6.45, 7) is 0. The molecule has 0 unspecified atom stereocenters. The van der Waals surface area contributed by atoms with Crippen molar-refractivity contribution in [2.45, 2.75) is 0 Å². The molecule has 5 heteroatoms. The van der Waals surface area contributed by atoms with E-state index in [0.717, 1.165) is 15.5 Å². The first-order valence-electron chi connectivity index (χ1n) is 3.59. The third kappa shape index (κ3) is 1.72. The van der Waals surface area contributed by atoms with E-state index in [1.165, 1.54) is 0 Å². The largest absolute Gasteiger partial charge is 0.342 e. The quantitative estimate of drug-likeness (QED) is 0.717. The van der Waals surface area contributed by atoms with Gasteiger partial charge in [-0.3, -0.25) is 0 Å². The van der Waals surface area contributed by atoms with Gasteiger partial charge in [0.15, 0.2) is 0 Å². The summed E-state index contributed by atoms with van der Waals surface area (Å²) >= 11 is 13.4. The van der Waals surface area contributed by atoms with Crippen molar-refractivity contribution in [3.05, 3.63) is 32.0 Å². The number of halogens is 1. The van der Waals surface area contributed by atoms with Crippen molar-refractivity contribution in [1.29, 1.82) is 0 Å². The molecule has 0 aliphatic rings. The van der Waals surface area contributed by atoms with Crippen molar-refractivity contribution in [3.63, 3.8) is 0 Å². The van der Waals surface area contributed by atoms with Gasteiger partial charge < -0.3 is 9.97 Å². The van der Waals surface area contributed by atoms with Gasteiger partial charge in [-0.15, -0.1) is 0 Å². The highest BCUT2D eigenvalue weighted by atomic mass is 79.9. The molecule has 2 nitrogen and oxygen atoms in total. The van der Waals surface area contributed by atoms with Gasteiger partial charge >= 0.3 is 0 Å². The van der Waals surface area contributed by atoms with Crippen LogP contribution in [0.4, 0.5) is 0 Å². The molecule has 2 rings (SSSR count). The molecule has 0 atom stereocenters. The molecule has 13 heavy (non-hydrogen) atoms. The Labute approximate surface area is 93.1 Å². The topological polar surface area (TPSA) is 31.6 Å². The molecule has 0 aliphatic heterocycles. The van der Waals surface area contributed by atoms with Gasteiger partial charge in [0.2, 0.25) is 0 Å². The average Bonchev–Trinajstić information content (AvgIpc) is 2.08. The maximum atomic E-state index is 5.02. The minimum Gasteiger partial charge on any atom is -0.342 e. The van der Waals surface area contributed by atoms with E-state index in [-0.39, 0.29) is 0 Å². The Morgan fingerprint density at radius 3 is 2.31 bits per heavy atom. The maximum Gasteiger partial charge on any atom is 0.138 e. The van der Waals surface area contributed by atoms with Crippen molar-refractivity contribution < 1.29 is 0 Å². The van der Waals surface area contributed by atoms with Crippen LogP contribution in [0.2, 0.25) is 0 Å². The zero-order valence-electron chi connectivity index (χ0n) is 6.43. The summed E-state index contributed by atoms with van der Waals surface area (Å²) in [6.07, 6.45) is 0. The Balaban J connectivity index is 2.97. The molecule has 2 N–H and O–H groups in total. The van der Waals surface area contributed by atoms with E-state index in [1.54, 1.807) is 0 Å².